The fraction of sp³-hybridized carbons (Fsp3) is 0.367. The van der Waals surface area contributed by atoms with Crippen molar-refractivity contribution in [2.45, 2.75) is 44.7 Å². The van der Waals surface area contributed by atoms with Crippen molar-refractivity contribution >= 4 is 17.3 Å². The van der Waals surface area contributed by atoms with Crippen LogP contribution < -0.4 is 25.0 Å². The van der Waals surface area contributed by atoms with Gasteiger partial charge in [-0.1, -0.05) is 42.5 Å². The number of methoxy groups -OCH3 is 2. The summed E-state index contributed by atoms with van der Waals surface area (Å²) >= 11 is 0. The zero-order valence-electron chi connectivity index (χ0n) is 21.3. The average Bonchev–Trinajstić information content (AvgIpc) is 2.92. The Morgan fingerprint density at radius 1 is 0.889 bits per heavy atom. The SMILES string of the molecule is COc1ccc(CNC2CCN(c3cccc(NC(=O)CCCc4ccccc4)c3)CC2)cc1OC. The molecule has 0 bridgehead atoms. The molecule has 1 heterocycles. The third kappa shape index (κ3) is 7.25. The number of piperidine rings is 1. The van der Waals surface area contributed by atoms with E-state index in [4.69, 9.17) is 9.47 Å². The van der Waals surface area contributed by atoms with E-state index in [0.717, 1.165) is 68.2 Å². The number of nitrogens with one attached hydrogen (secondary N) is 2. The predicted molar refractivity (Wildman–Crippen MR) is 146 cm³/mol. The van der Waals surface area contributed by atoms with Gasteiger partial charge in [0.05, 0.1) is 14.2 Å². The molecule has 6 nitrogen and oxygen atoms in total. The van der Waals surface area contributed by atoms with Crippen LogP contribution in [0.3, 0.4) is 0 Å². The number of hydrogen-bond donors (Lipinski definition) is 2. The van der Waals surface area contributed by atoms with Gasteiger partial charge in [-0.3, -0.25) is 4.79 Å². The van der Waals surface area contributed by atoms with Crippen LogP contribution in [0.15, 0.2) is 72.8 Å². The lowest BCUT2D eigenvalue weighted by Crippen LogP contribution is -2.42. The quantitative estimate of drug-likeness (QED) is 0.378. The highest BCUT2D eigenvalue weighted by atomic mass is 16.5. The van der Waals surface area contributed by atoms with E-state index >= 15 is 0 Å². The van der Waals surface area contributed by atoms with Crippen molar-refractivity contribution in [1.82, 2.24) is 5.32 Å². The summed E-state index contributed by atoms with van der Waals surface area (Å²) in [4.78, 5) is 14.9. The number of ether oxygens (including phenoxy) is 2. The first kappa shape index (κ1) is 25.6. The fourth-order valence-corrected chi connectivity index (χ4v) is 4.70. The molecule has 1 saturated heterocycles. The van der Waals surface area contributed by atoms with E-state index in [2.05, 4.69) is 45.9 Å². The minimum Gasteiger partial charge on any atom is -0.493 e. The summed E-state index contributed by atoms with van der Waals surface area (Å²) in [6, 6.07) is 25.1. The lowest BCUT2D eigenvalue weighted by Gasteiger charge is -2.34. The highest BCUT2D eigenvalue weighted by molar-refractivity contribution is 5.91. The smallest absolute Gasteiger partial charge is 0.224 e. The molecule has 36 heavy (non-hydrogen) atoms. The largest absolute Gasteiger partial charge is 0.493 e. The molecular formula is C30H37N3O3. The summed E-state index contributed by atoms with van der Waals surface area (Å²) in [7, 11) is 3.32. The first-order valence-corrected chi connectivity index (χ1v) is 12.8. The van der Waals surface area contributed by atoms with Gasteiger partial charge in [-0.05, 0) is 67.1 Å². The number of anilines is 2. The van der Waals surface area contributed by atoms with E-state index in [1.165, 1.54) is 11.1 Å². The Labute approximate surface area is 214 Å². The summed E-state index contributed by atoms with van der Waals surface area (Å²) < 4.78 is 10.7. The third-order valence-electron chi connectivity index (χ3n) is 6.74. The summed E-state index contributed by atoms with van der Waals surface area (Å²) in [5.74, 6) is 1.58. The monoisotopic (exact) mass is 487 g/mol. The van der Waals surface area contributed by atoms with Gasteiger partial charge in [0.1, 0.15) is 0 Å². The topological polar surface area (TPSA) is 62.8 Å². The molecule has 0 aliphatic carbocycles. The number of benzene rings is 3. The Balaban J connectivity index is 1.21. The summed E-state index contributed by atoms with van der Waals surface area (Å²) in [6.45, 7) is 2.77. The Bertz CT molecular complexity index is 1110. The highest BCUT2D eigenvalue weighted by Gasteiger charge is 2.19. The minimum absolute atomic E-state index is 0.0705. The third-order valence-corrected chi connectivity index (χ3v) is 6.74. The second kappa shape index (κ2) is 13.0. The molecule has 0 saturated carbocycles. The van der Waals surface area contributed by atoms with Gasteiger partial charge in [0.25, 0.3) is 0 Å². The van der Waals surface area contributed by atoms with Crippen molar-refractivity contribution in [1.29, 1.82) is 0 Å². The molecule has 0 radical (unpaired) electrons. The van der Waals surface area contributed by atoms with Crippen molar-refractivity contribution in [3.8, 4) is 11.5 Å². The van der Waals surface area contributed by atoms with E-state index in [1.54, 1.807) is 14.2 Å². The van der Waals surface area contributed by atoms with Crippen molar-refractivity contribution in [2.24, 2.45) is 0 Å². The lowest BCUT2D eigenvalue weighted by molar-refractivity contribution is -0.116. The van der Waals surface area contributed by atoms with Crippen LogP contribution in [0.1, 0.15) is 36.8 Å². The molecule has 1 aliphatic heterocycles. The van der Waals surface area contributed by atoms with E-state index in [-0.39, 0.29) is 5.91 Å². The van der Waals surface area contributed by atoms with E-state index in [1.807, 2.05) is 42.5 Å². The van der Waals surface area contributed by atoms with Crippen LogP contribution in [0.25, 0.3) is 0 Å². The molecule has 0 atom stereocenters. The Kier molecular flexibility index (Phi) is 9.22. The van der Waals surface area contributed by atoms with Crippen LogP contribution in [0.4, 0.5) is 11.4 Å². The number of nitrogens with zero attached hydrogens (tertiary/aromatic N) is 1. The van der Waals surface area contributed by atoms with Gasteiger partial charge in [0.15, 0.2) is 11.5 Å². The average molecular weight is 488 g/mol. The van der Waals surface area contributed by atoms with Crippen LogP contribution in [0.5, 0.6) is 11.5 Å². The molecule has 1 fully saturated rings. The Morgan fingerprint density at radius 2 is 1.67 bits per heavy atom. The summed E-state index contributed by atoms with van der Waals surface area (Å²) in [6.07, 6.45) is 4.44. The molecule has 0 unspecified atom stereocenters. The summed E-state index contributed by atoms with van der Waals surface area (Å²) in [5, 5.41) is 6.76. The molecule has 0 spiro atoms. The molecule has 1 aliphatic rings. The van der Waals surface area contributed by atoms with Crippen LogP contribution >= 0.6 is 0 Å². The predicted octanol–water partition coefficient (Wildman–Crippen LogP) is 5.42. The molecule has 4 rings (SSSR count). The van der Waals surface area contributed by atoms with Gasteiger partial charge in [0, 0.05) is 43.5 Å². The maximum Gasteiger partial charge on any atom is 0.224 e. The molecule has 1 amide bonds. The minimum atomic E-state index is 0.0705. The molecule has 2 N–H and O–H groups in total. The maximum absolute atomic E-state index is 12.5. The number of rotatable bonds is 11. The van der Waals surface area contributed by atoms with Crippen LogP contribution in [-0.4, -0.2) is 39.3 Å². The fourth-order valence-electron chi connectivity index (χ4n) is 4.70. The molecule has 3 aromatic rings. The highest BCUT2D eigenvalue weighted by Crippen LogP contribution is 2.28. The van der Waals surface area contributed by atoms with Gasteiger partial charge < -0.3 is 25.0 Å². The second-order valence-electron chi connectivity index (χ2n) is 9.27. The number of hydrogen-bond acceptors (Lipinski definition) is 5. The molecular weight excluding hydrogens is 450 g/mol. The number of carbonyl (C=O) groups excluding carboxylic acids is 1. The molecule has 6 heteroatoms. The van der Waals surface area contributed by atoms with Crippen LogP contribution in [-0.2, 0) is 17.8 Å². The zero-order chi connectivity index (χ0) is 25.2. The van der Waals surface area contributed by atoms with Crippen LogP contribution in [0.2, 0.25) is 0 Å². The zero-order valence-corrected chi connectivity index (χ0v) is 21.3. The van der Waals surface area contributed by atoms with Crippen LogP contribution in [0, 0.1) is 0 Å². The molecule has 190 valence electrons. The van der Waals surface area contributed by atoms with E-state index < -0.39 is 0 Å². The Morgan fingerprint density at radius 3 is 2.42 bits per heavy atom. The van der Waals surface area contributed by atoms with Crippen molar-refractivity contribution in [3.63, 3.8) is 0 Å². The Hall–Kier alpha value is -3.51. The van der Waals surface area contributed by atoms with Gasteiger partial charge in [-0.15, -0.1) is 0 Å². The normalized spacial score (nSPS) is 13.9. The van der Waals surface area contributed by atoms with Gasteiger partial charge in [-0.2, -0.15) is 0 Å². The first-order chi connectivity index (χ1) is 17.6. The first-order valence-electron chi connectivity index (χ1n) is 12.8. The number of aryl methyl sites for hydroxylation is 1. The van der Waals surface area contributed by atoms with Gasteiger partial charge in [0.2, 0.25) is 5.91 Å². The summed E-state index contributed by atoms with van der Waals surface area (Å²) in [5.41, 5.74) is 4.48. The van der Waals surface area contributed by atoms with Gasteiger partial charge >= 0.3 is 0 Å². The standard InChI is InChI=1S/C30H37N3O3/c1-35-28-15-14-24(20-29(28)36-2)22-31-25-16-18-33(19-17-25)27-12-7-11-26(21-27)32-30(34)13-6-10-23-8-4-3-5-9-23/h3-5,7-9,11-12,14-15,20-21,25,31H,6,10,13,16-19,22H2,1-2H3,(H,32,34). The van der Waals surface area contributed by atoms with E-state index in [9.17, 15) is 4.79 Å². The second-order valence-corrected chi connectivity index (χ2v) is 9.27. The van der Waals surface area contributed by atoms with Gasteiger partial charge in [-0.25, -0.2) is 0 Å². The number of carbonyl (C=O) groups is 1. The number of amides is 1. The van der Waals surface area contributed by atoms with E-state index in [0.29, 0.717) is 12.5 Å². The maximum atomic E-state index is 12.5. The lowest BCUT2D eigenvalue weighted by atomic mass is 10.0. The van der Waals surface area contributed by atoms with Crippen molar-refractivity contribution in [3.05, 3.63) is 83.9 Å². The molecule has 3 aromatic carbocycles. The molecule has 0 aromatic heterocycles. The van der Waals surface area contributed by atoms with Crippen molar-refractivity contribution in [2.75, 3.05) is 37.5 Å². The van der Waals surface area contributed by atoms with Crippen molar-refractivity contribution < 1.29 is 14.3 Å².